The van der Waals surface area contributed by atoms with Gasteiger partial charge in [-0.2, -0.15) is 9.97 Å². The van der Waals surface area contributed by atoms with Crippen LogP contribution in [0.25, 0.3) is 0 Å². The molecule has 0 bridgehead atoms. The van der Waals surface area contributed by atoms with Crippen LogP contribution in [0.3, 0.4) is 0 Å². The molecule has 2 aliphatic rings. The third kappa shape index (κ3) is 7.17. The number of anilines is 3. The average Bonchev–Trinajstić information content (AvgIpc) is 3.35. The monoisotopic (exact) mass is 500 g/mol. The lowest BCUT2D eigenvalue weighted by Gasteiger charge is -2.23. The molecule has 196 valence electrons. The van der Waals surface area contributed by atoms with E-state index in [1.54, 1.807) is 12.3 Å². The maximum atomic E-state index is 6.06. The molecule has 37 heavy (non-hydrogen) atoms. The molecule has 2 heterocycles. The fourth-order valence-corrected chi connectivity index (χ4v) is 5.58. The average molecular weight is 501 g/mol. The van der Waals surface area contributed by atoms with Crippen molar-refractivity contribution in [3.8, 4) is 0 Å². The predicted molar refractivity (Wildman–Crippen MR) is 150 cm³/mol. The molecule has 0 amide bonds. The highest BCUT2D eigenvalue weighted by atomic mass is 15.2. The summed E-state index contributed by atoms with van der Waals surface area (Å²) in [5.74, 6) is 1.64. The molecular weight excluding hydrogens is 460 g/mol. The Bertz CT molecular complexity index is 1130. The van der Waals surface area contributed by atoms with E-state index in [4.69, 9.17) is 5.73 Å². The minimum atomic E-state index is 0.432. The van der Waals surface area contributed by atoms with E-state index in [2.05, 4.69) is 54.4 Å². The second kappa shape index (κ2) is 12.8. The lowest BCUT2D eigenvalue weighted by atomic mass is 9.95. The summed E-state index contributed by atoms with van der Waals surface area (Å²) < 4.78 is 0. The zero-order valence-electron chi connectivity index (χ0n) is 21.7. The van der Waals surface area contributed by atoms with Crippen molar-refractivity contribution in [3.63, 3.8) is 0 Å². The first-order valence-electron chi connectivity index (χ1n) is 13.8. The van der Waals surface area contributed by atoms with Crippen LogP contribution in [0, 0.1) is 0 Å². The number of nitrogens with one attached hydrogen (secondary N) is 4. The molecule has 5 rings (SSSR count). The normalized spacial score (nSPS) is 17.5. The van der Waals surface area contributed by atoms with Crippen LogP contribution >= 0.6 is 0 Å². The van der Waals surface area contributed by atoms with E-state index in [-0.39, 0.29) is 0 Å². The number of aromatic nitrogens is 3. The topological polar surface area (TPSA) is 113 Å². The molecule has 6 N–H and O–H groups in total. The first-order valence-corrected chi connectivity index (χ1v) is 13.8. The summed E-state index contributed by atoms with van der Waals surface area (Å²) in [5.41, 5.74) is 11.2. The van der Waals surface area contributed by atoms with Crippen LogP contribution in [0.15, 0.2) is 48.7 Å². The second-order valence-electron chi connectivity index (χ2n) is 10.2. The maximum Gasteiger partial charge on any atom is 0.226 e. The summed E-state index contributed by atoms with van der Waals surface area (Å²) in [7, 11) is 0. The summed E-state index contributed by atoms with van der Waals surface area (Å²) >= 11 is 0. The highest BCUT2D eigenvalue weighted by Gasteiger charge is 2.24. The summed E-state index contributed by atoms with van der Waals surface area (Å²) in [6.45, 7) is 3.41. The molecule has 2 aliphatic carbocycles. The van der Waals surface area contributed by atoms with E-state index in [0.717, 1.165) is 37.7 Å². The Balaban J connectivity index is 1.11. The first-order chi connectivity index (χ1) is 18.2. The van der Waals surface area contributed by atoms with Crippen LogP contribution in [0.4, 0.5) is 17.6 Å². The molecule has 1 atom stereocenters. The van der Waals surface area contributed by atoms with Crippen LogP contribution < -0.4 is 27.0 Å². The van der Waals surface area contributed by atoms with Crippen molar-refractivity contribution in [1.29, 1.82) is 0 Å². The molecule has 0 radical (unpaired) electrons. The summed E-state index contributed by atoms with van der Waals surface area (Å²) in [4.78, 5) is 13.3. The number of nitrogens with zero attached hydrogens (tertiary/aromatic N) is 3. The van der Waals surface area contributed by atoms with Gasteiger partial charge >= 0.3 is 0 Å². The number of benzene rings is 1. The number of nitrogen functional groups attached to an aromatic ring is 1. The number of hydrogen-bond acceptors (Lipinski definition) is 8. The Kier molecular flexibility index (Phi) is 8.82. The minimum Gasteiger partial charge on any atom is -0.383 e. The quantitative estimate of drug-likeness (QED) is 0.230. The van der Waals surface area contributed by atoms with Crippen LogP contribution in [0.5, 0.6) is 0 Å². The van der Waals surface area contributed by atoms with Gasteiger partial charge in [0.05, 0.1) is 12.2 Å². The van der Waals surface area contributed by atoms with E-state index in [1.165, 1.54) is 55.2 Å². The smallest absolute Gasteiger partial charge is 0.226 e. The lowest BCUT2D eigenvalue weighted by Crippen LogP contribution is -2.33. The summed E-state index contributed by atoms with van der Waals surface area (Å²) in [6, 6.07) is 15.4. The molecule has 0 spiro atoms. The number of fused-ring (bicyclic) bond motifs is 1. The van der Waals surface area contributed by atoms with Crippen LogP contribution in [-0.4, -0.2) is 34.1 Å². The number of nitrogens with two attached hydrogens (primary N) is 1. The highest BCUT2D eigenvalue weighted by Crippen LogP contribution is 2.33. The minimum absolute atomic E-state index is 0.432. The molecule has 3 aromatic rings. The Morgan fingerprint density at radius 2 is 1.76 bits per heavy atom. The zero-order valence-corrected chi connectivity index (χ0v) is 21.7. The maximum absolute atomic E-state index is 6.06. The van der Waals surface area contributed by atoms with Gasteiger partial charge in [-0.3, -0.25) is 4.98 Å². The molecule has 1 aromatic carbocycles. The van der Waals surface area contributed by atoms with Crippen LogP contribution in [-0.2, 0) is 19.5 Å². The van der Waals surface area contributed by atoms with E-state index < -0.39 is 0 Å². The van der Waals surface area contributed by atoms with Gasteiger partial charge in [0.2, 0.25) is 5.95 Å². The molecular formula is C29H40N8. The van der Waals surface area contributed by atoms with E-state index in [0.29, 0.717) is 36.7 Å². The Labute approximate surface area is 220 Å². The molecule has 0 aliphatic heterocycles. The van der Waals surface area contributed by atoms with Crippen molar-refractivity contribution in [3.05, 3.63) is 71.0 Å². The van der Waals surface area contributed by atoms with Crippen molar-refractivity contribution in [2.45, 2.75) is 76.5 Å². The van der Waals surface area contributed by atoms with Gasteiger partial charge in [0.25, 0.3) is 0 Å². The van der Waals surface area contributed by atoms with Gasteiger partial charge in [0, 0.05) is 30.9 Å². The Morgan fingerprint density at radius 1 is 0.865 bits per heavy atom. The Morgan fingerprint density at radius 3 is 2.62 bits per heavy atom. The summed E-state index contributed by atoms with van der Waals surface area (Å²) in [5, 5.41) is 14.2. The van der Waals surface area contributed by atoms with Crippen LogP contribution in [0.2, 0.25) is 0 Å². The van der Waals surface area contributed by atoms with Gasteiger partial charge in [0.1, 0.15) is 11.6 Å². The molecule has 0 saturated heterocycles. The Hall–Kier alpha value is -3.23. The van der Waals surface area contributed by atoms with Gasteiger partial charge in [-0.05, 0) is 74.0 Å². The third-order valence-corrected chi connectivity index (χ3v) is 7.51. The largest absolute Gasteiger partial charge is 0.383 e. The van der Waals surface area contributed by atoms with Crippen molar-refractivity contribution >= 4 is 17.6 Å². The van der Waals surface area contributed by atoms with Crippen molar-refractivity contribution in [1.82, 2.24) is 25.6 Å². The van der Waals surface area contributed by atoms with Crippen molar-refractivity contribution in [2.24, 2.45) is 0 Å². The zero-order chi connectivity index (χ0) is 25.3. The summed E-state index contributed by atoms with van der Waals surface area (Å²) in [6.07, 6.45) is 12.1. The fraction of sp³-hybridized carbons (Fsp3) is 0.483. The van der Waals surface area contributed by atoms with Gasteiger partial charge < -0.3 is 27.0 Å². The van der Waals surface area contributed by atoms with E-state index in [1.807, 2.05) is 18.2 Å². The van der Waals surface area contributed by atoms with Crippen LogP contribution in [0.1, 0.15) is 73.4 Å². The standard InChI is InChI=1S/C29H40N8/c30-27-18-28(34-20-23-11-4-5-15-32-23)37-29(36-27)35-19-21-8-6-12-25-24(21)13-14-26(25)33-17-7-16-31-22-9-2-1-3-10-22/h4-6,8,11-12,15,18,22,26,31,33H,1-3,7,9-10,13-14,16-17,19-20H2,(H4,30,34,35,36,37). The van der Waals surface area contributed by atoms with Crippen molar-refractivity contribution < 1.29 is 0 Å². The SMILES string of the molecule is Nc1cc(NCc2ccccn2)nc(NCc2cccc3c2CCC3NCCCNC2CCCCC2)n1. The molecule has 8 heteroatoms. The third-order valence-electron chi connectivity index (χ3n) is 7.51. The van der Waals surface area contributed by atoms with Gasteiger partial charge in [-0.15, -0.1) is 0 Å². The first kappa shape index (κ1) is 25.4. The number of hydrogen-bond donors (Lipinski definition) is 5. The molecule has 1 unspecified atom stereocenters. The number of pyridine rings is 1. The van der Waals surface area contributed by atoms with Gasteiger partial charge in [0.15, 0.2) is 0 Å². The molecule has 2 aromatic heterocycles. The van der Waals surface area contributed by atoms with Crippen molar-refractivity contribution in [2.75, 3.05) is 29.5 Å². The van der Waals surface area contributed by atoms with Gasteiger partial charge in [-0.25, -0.2) is 0 Å². The lowest BCUT2D eigenvalue weighted by molar-refractivity contribution is 0.369. The molecule has 1 fully saturated rings. The number of rotatable bonds is 12. The van der Waals surface area contributed by atoms with Gasteiger partial charge in [-0.1, -0.05) is 43.5 Å². The predicted octanol–water partition coefficient (Wildman–Crippen LogP) is 4.57. The van der Waals surface area contributed by atoms with E-state index in [9.17, 15) is 0 Å². The fourth-order valence-electron chi connectivity index (χ4n) is 5.58. The molecule has 1 saturated carbocycles. The second-order valence-corrected chi connectivity index (χ2v) is 10.2. The van der Waals surface area contributed by atoms with E-state index >= 15 is 0 Å². The highest BCUT2D eigenvalue weighted by molar-refractivity contribution is 5.50. The molecule has 8 nitrogen and oxygen atoms in total.